The van der Waals surface area contributed by atoms with Gasteiger partial charge in [0.25, 0.3) is 0 Å². The van der Waals surface area contributed by atoms with E-state index in [1.165, 1.54) is 10.4 Å². The van der Waals surface area contributed by atoms with Crippen LogP contribution >= 0.6 is 0 Å². The lowest BCUT2D eigenvalue weighted by Gasteiger charge is -2.33. The molecule has 1 amide bonds. The second kappa shape index (κ2) is 7.43. The summed E-state index contributed by atoms with van der Waals surface area (Å²) in [6.07, 6.45) is 3.28. The summed E-state index contributed by atoms with van der Waals surface area (Å²) in [4.78, 5) is 14.1. The highest BCUT2D eigenvalue weighted by atomic mass is 32.2. The van der Waals surface area contributed by atoms with Crippen LogP contribution < -0.4 is 0 Å². The van der Waals surface area contributed by atoms with E-state index in [-0.39, 0.29) is 29.7 Å². The molecule has 2 aromatic rings. The Hall–Kier alpha value is -2.45. The number of aromatic nitrogens is 1. The molecule has 3 rings (SSSR count). The number of rotatable bonds is 4. The minimum atomic E-state index is -3.66. The quantitative estimate of drug-likeness (QED) is 0.762. The first-order chi connectivity index (χ1) is 12.4. The van der Waals surface area contributed by atoms with Gasteiger partial charge in [0.2, 0.25) is 15.9 Å². The van der Waals surface area contributed by atoms with Gasteiger partial charge in [0.1, 0.15) is 10.6 Å². The molecule has 0 radical (unpaired) electrons. The maximum atomic E-state index is 12.8. The van der Waals surface area contributed by atoms with Crippen molar-refractivity contribution in [3.63, 3.8) is 0 Å². The lowest BCUT2D eigenvalue weighted by Crippen LogP contribution is -2.50. The summed E-state index contributed by atoms with van der Waals surface area (Å²) in [5.41, 5.74) is 1.30. The molecule has 1 fully saturated rings. The van der Waals surface area contributed by atoms with E-state index in [4.69, 9.17) is 4.52 Å². The molecular weight excluding hydrogens is 354 g/mol. The minimum Gasteiger partial charge on any atom is -0.360 e. The molecule has 0 atom stereocenters. The number of piperazine rings is 1. The molecule has 1 saturated heterocycles. The molecule has 0 unspecified atom stereocenters. The van der Waals surface area contributed by atoms with Crippen molar-refractivity contribution >= 4 is 22.0 Å². The summed E-state index contributed by atoms with van der Waals surface area (Å²) in [5.74, 6) is 0.162. The first-order valence-corrected chi connectivity index (χ1v) is 9.78. The van der Waals surface area contributed by atoms with Crippen molar-refractivity contribution in [3.8, 4) is 0 Å². The molecule has 1 aromatic carbocycles. The smallest absolute Gasteiger partial charge is 0.248 e. The van der Waals surface area contributed by atoms with Gasteiger partial charge < -0.3 is 9.42 Å². The molecule has 1 aromatic heterocycles. The third-order valence-corrected chi connectivity index (χ3v) is 6.48. The van der Waals surface area contributed by atoms with E-state index >= 15 is 0 Å². The predicted molar refractivity (Wildman–Crippen MR) is 96.8 cm³/mol. The van der Waals surface area contributed by atoms with Gasteiger partial charge in [0.05, 0.1) is 0 Å². The first-order valence-electron chi connectivity index (χ1n) is 8.34. The molecule has 2 heterocycles. The predicted octanol–water partition coefficient (Wildman–Crippen LogP) is 1.84. The summed E-state index contributed by atoms with van der Waals surface area (Å²) in [7, 11) is -3.66. The van der Waals surface area contributed by atoms with E-state index in [1.54, 1.807) is 24.8 Å². The van der Waals surface area contributed by atoms with Crippen LogP contribution in [-0.4, -0.2) is 54.9 Å². The molecule has 0 bridgehead atoms. The zero-order chi connectivity index (χ0) is 18.7. The van der Waals surface area contributed by atoms with Crippen LogP contribution in [0.5, 0.6) is 0 Å². The standard InChI is InChI=1S/C18H21N3O4S/c1-14-18(15(2)25-19-14)26(23,24)21-12-10-20(11-13-21)17(22)9-8-16-6-4-3-5-7-16/h3-9H,10-13H2,1-2H3/b9-8+. The summed E-state index contributed by atoms with van der Waals surface area (Å²) in [5, 5.41) is 3.72. The molecule has 8 heteroatoms. The van der Waals surface area contributed by atoms with Crippen molar-refractivity contribution in [1.82, 2.24) is 14.4 Å². The number of aryl methyl sites for hydroxylation is 2. The second-order valence-electron chi connectivity index (χ2n) is 6.13. The Morgan fingerprint density at radius 2 is 1.77 bits per heavy atom. The fraction of sp³-hybridized carbons (Fsp3) is 0.333. The molecule has 1 aliphatic heterocycles. The second-order valence-corrected chi connectivity index (χ2v) is 8.00. The van der Waals surface area contributed by atoms with Gasteiger partial charge in [-0.2, -0.15) is 4.31 Å². The number of nitrogens with zero attached hydrogens (tertiary/aromatic N) is 3. The molecule has 0 saturated carbocycles. The molecule has 7 nitrogen and oxygen atoms in total. The van der Waals surface area contributed by atoms with E-state index in [2.05, 4.69) is 5.16 Å². The first kappa shape index (κ1) is 18.3. The fourth-order valence-corrected chi connectivity index (χ4v) is 4.67. The van der Waals surface area contributed by atoms with E-state index in [9.17, 15) is 13.2 Å². The van der Waals surface area contributed by atoms with E-state index < -0.39 is 10.0 Å². The Balaban J connectivity index is 1.64. The fourth-order valence-electron chi connectivity index (χ4n) is 2.96. The number of sulfonamides is 1. The number of benzene rings is 1. The number of amides is 1. The van der Waals surface area contributed by atoms with Crippen LogP contribution in [0.25, 0.3) is 6.08 Å². The van der Waals surface area contributed by atoms with Gasteiger partial charge in [-0.05, 0) is 25.5 Å². The average Bonchev–Trinajstić information content (AvgIpc) is 2.99. The van der Waals surface area contributed by atoms with Crippen LogP contribution in [0.4, 0.5) is 0 Å². The third-order valence-electron chi connectivity index (χ3n) is 4.33. The minimum absolute atomic E-state index is 0.122. The SMILES string of the molecule is Cc1noc(C)c1S(=O)(=O)N1CCN(C(=O)/C=C/c2ccccc2)CC1. The monoisotopic (exact) mass is 375 g/mol. The maximum absolute atomic E-state index is 12.8. The van der Waals surface area contributed by atoms with Crippen molar-refractivity contribution in [3.05, 3.63) is 53.4 Å². The number of hydrogen-bond donors (Lipinski definition) is 0. The van der Waals surface area contributed by atoms with Crippen LogP contribution in [0, 0.1) is 13.8 Å². The Kier molecular flexibility index (Phi) is 5.24. The lowest BCUT2D eigenvalue weighted by atomic mass is 10.2. The van der Waals surface area contributed by atoms with Crippen molar-refractivity contribution in [2.75, 3.05) is 26.2 Å². The molecule has 0 spiro atoms. The van der Waals surface area contributed by atoms with Crippen molar-refractivity contribution in [1.29, 1.82) is 0 Å². The zero-order valence-electron chi connectivity index (χ0n) is 14.8. The Bertz CT molecular complexity index is 892. The van der Waals surface area contributed by atoms with Gasteiger partial charge in [-0.1, -0.05) is 35.5 Å². The van der Waals surface area contributed by atoms with Crippen molar-refractivity contribution in [2.45, 2.75) is 18.7 Å². The van der Waals surface area contributed by atoms with Gasteiger partial charge in [-0.3, -0.25) is 4.79 Å². The molecule has 1 aliphatic rings. The largest absolute Gasteiger partial charge is 0.360 e. The van der Waals surface area contributed by atoms with Crippen LogP contribution in [0.2, 0.25) is 0 Å². The summed E-state index contributed by atoms with van der Waals surface area (Å²) >= 11 is 0. The summed E-state index contributed by atoms with van der Waals surface area (Å²) in [6.45, 7) is 4.38. The number of hydrogen-bond acceptors (Lipinski definition) is 5. The topological polar surface area (TPSA) is 83.7 Å². The zero-order valence-corrected chi connectivity index (χ0v) is 15.6. The molecule has 26 heavy (non-hydrogen) atoms. The summed E-state index contributed by atoms with van der Waals surface area (Å²) in [6, 6.07) is 9.55. The van der Waals surface area contributed by atoms with Gasteiger partial charge in [0, 0.05) is 32.3 Å². The Labute approximate surface area is 152 Å². The lowest BCUT2D eigenvalue weighted by molar-refractivity contribution is -0.127. The number of carbonyl (C=O) groups is 1. The van der Waals surface area contributed by atoms with Gasteiger partial charge in [-0.25, -0.2) is 8.42 Å². The van der Waals surface area contributed by atoms with Crippen LogP contribution in [-0.2, 0) is 14.8 Å². The van der Waals surface area contributed by atoms with Gasteiger partial charge in [-0.15, -0.1) is 0 Å². The maximum Gasteiger partial charge on any atom is 0.248 e. The van der Waals surface area contributed by atoms with E-state index in [1.807, 2.05) is 30.3 Å². The van der Waals surface area contributed by atoms with Crippen molar-refractivity contribution < 1.29 is 17.7 Å². The molecule has 138 valence electrons. The van der Waals surface area contributed by atoms with Crippen LogP contribution in [0.3, 0.4) is 0 Å². The highest BCUT2D eigenvalue weighted by Crippen LogP contribution is 2.24. The number of carbonyl (C=O) groups excluding carboxylic acids is 1. The Morgan fingerprint density at radius 3 is 2.35 bits per heavy atom. The van der Waals surface area contributed by atoms with Crippen LogP contribution in [0.1, 0.15) is 17.0 Å². The molecular formula is C18H21N3O4S. The van der Waals surface area contributed by atoms with E-state index in [0.29, 0.717) is 18.8 Å². The highest BCUT2D eigenvalue weighted by molar-refractivity contribution is 7.89. The summed E-state index contributed by atoms with van der Waals surface area (Å²) < 4.78 is 31.9. The van der Waals surface area contributed by atoms with Gasteiger partial charge in [0.15, 0.2) is 5.76 Å². The van der Waals surface area contributed by atoms with Gasteiger partial charge >= 0.3 is 0 Å². The Morgan fingerprint density at radius 1 is 1.12 bits per heavy atom. The molecule has 0 aliphatic carbocycles. The van der Waals surface area contributed by atoms with E-state index in [0.717, 1.165) is 5.56 Å². The average molecular weight is 375 g/mol. The van der Waals surface area contributed by atoms with Crippen LogP contribution in [0.15, 0.2) is 45.8 Å². The van der Waals surface area contributed by atoms with Crippen molar-refractivity contribution in [2.24, 2.45) is 0 Å². The molecule has 0 N–H and O–H groups in total. The third kappa shape index (κ3) is 3.71. The highest BCUT2D eigenvalue weighted by Gasteiger charge is 2.33. The normalized spacial score (nSPS) is 16.3.